The molecule has 3 atom stereocenters. The number of ether oxygens (including phenoxy) is 1. The molecule has 0 saturated carbocycles. The maximum absolute atomic E-state index is 10.3. The average molecular weight is 434 g/mol. The molecule has 4 N–H and O–H groups in total. The van der Waals surface area contributed by atoms with Gasteiger partial charge in [0.1, 0.15) is 30.3 Å². The molecule has 0 spiro atoms. The second kappa shape index (κ2) is 5.10. The maximum Gasteiger partial charge on any atom is 0.226 e. The third-order valence-corrected chi connectivity index (χ3v) is 5.61. The van der Waals surface area contributed by atoms with Crippen molar-refractivity contribution in [2.75, 3.05) is 12.3 Å². The van der Waals surface area contributed by atoms with Gasteiger partial charge in [-0.25, -0.2) is 14.5 Å². The van der Waals surface area contributed by atoms with E-state index in [1.165, 1.54) is 17.0 Å². The number of anilines is 1. The number of nitrogens with zero attached hydrogens (tertiary/aromatic N) is 5. The van der Waals surface area contributed by atoms with E-state index in [0.717, 1.165) is 0 Å². The van der Waals surface area contributed by atoms with E-state index in [1.54, 1.807) is 0 Å². The molecule has 0 aliphatic carbocycles. The van der Waals surface area contributed by atoms with E-state index in [1.807, 2.05) is 6.07 Å². The van der Waals surface area contributed by atoms with Crippen molar-refractivity contribution in [2.24, 2.45) is 0 Å². The highest BCUT2D eigenvalue weighted by atomic mass is 79.9. The minimum atomic E-state index is -1.69. The highest BCUT2D eigenvalue weighted by Gasteiger charge is 2.66. The lowest BCUT2D eigenvalue weighted by atomic mass is 9.96. The maximum atomic E-state index is 10.3. The third-order valence-electron chi connectivity index (χ3n) is 3.55. The Morgan fingerprint density at radius 3 is 2.82 bits per heavy atom. The van der Waals surface area contributed by atoms with Crippen molar-refractivity contribution in [3.8, 4) is 6.07 Å². The molecule has 0 radical (unpaired) electrons. The monoisotopic (exact) mass is 432 g/mol. The molecule has 0 unspecified atom stereocenters. The first-order valence-electron chi connectivity index (χ1n) is 6.09. The topological polar surface area (TPSA) is 143 Å². The van der Waals surface area contributed by atoms with Crippen LogP contribution in [0.4, 0.5) is 5.82 Å². The van der Waals surface area contributed by atoms with Crippen molar-refractivity contribution >= 4 is 43.3 Å². The first-order chi connectivity index (χ1) is 10.4. The molecular formula is C11H10Br2N6O3. The summed E-state index contributed by atoms with van der Waals surface area (Å²) in [6.07, 6.45) is 0.426. The fourth-order valence-corrected chi connectivity index (χ4v) is 3.77. The van der Waals surface area contributed by atoms with Crippen LogP contribution >= 0.6 is 31.9 Å². The number of imidazole rings is 1. The van der Waals surface area contributed by atoms with Gasteiger partial charge in [-0.1, -0.05) is 31.9 Å². The largest absolute Gasteiger partial charge is 0.394 e. The molecule has 9 nitrogen and oxygen atoms in total. The number of aliphatic hydroxyl groups excluding tert-OH is 2. The van der Waals surface area contributed by atoms with Crippen LogP contribution in [0.3, 0.4) is 0 Å². The molecule has 1 aliphatic heterocycles. The number of nitriles is 1. The molecule has 3 rings (SSSR count). The predicted octanol–water partition coefficient (Wildman–Crippen LogP) is -0.337. The molecule has 2 aromatic heterocycles. The summed E-state index contributed by atoms with van der Waals surface area (Å²) >= 11 is 6.58. The number of nitrogens with two attached hydrogens (primary N) is 1. The summed E-state index contributed by atoms with van der Waals surface area (Å²) in [7, 11) is 0. The summed E-state index contributed by atoms with van der Waals surface area (Å²) < 4.78 is 5.59. The van der Waals surface area contributed by atoms with Crippen LogP contribution in [-0.2, 0) is 10.3 Å². The summed E-state index contributed by atoms with van der Waals surface area (Å²) in [6.45, 7) is -0.461. The Bertz CT molecular complexity index is 775. The minimum Gasteiger partial charge on any atom is -0.394 e. The Labute approximate surface area is 141 Å². The van der Waals surface area contributed by atoms with Crippen molar-refractivity contribution in [2.45, 2.75) is 21.0 Å². The van der Waals surface area contributed by atoms with E-state index >= 15 is 0 Å². The predicted molar refractivity (Wildman–Crippen MR) is 81.0 cm³/mol. The Morgan fingerprint density at radius 2 is 2.23 bits per heavy atom. The molecule has 1 fully saturated rings. The van der Waals surface area contributed by atoms with Crippen molar-refractivity contribution < 1.29 is 14.9 Å². The second-order valence-electron chi connectivity index (χ2n) is 4.72. The molecule has 1 aliphatic rings. The molecular weight excluding hydrogens is 424 g/mol. The third kappa shape index (κ3) is 1.82. The van der Waals surface area contributed by atoms with E-state index in [4.69, 9.17) is 10.5 Å². The van der Waals surface area contributed by atoms with Gasteiger partial charge in [0.05, 0.1) is 12.8 Å². The quantitative estimate of drug-likeness (QED) is 0.546. The summed E-state index contributed by atoms with van der Waals surface area (Å²) in [5.41, 5.74) is 4.53. The normalized spacial score (nSPS) is 30.5. The van der Waals surface area contributed by atoms with Gasteiger partial charge in [-0.05, 0) is 0 Å². The van der Waals surface area contributed by atoms with Crippen LogP contribution in [0.25, 0.3) is 5.65 Å². The fraction of sp³-hybridized carbons (Fsp3) is 0.455. The van der Waals surface area contributed by atoms with Crippen LogP contribution in [0, 0.1) is 11.3 Å². The van der Waals surface area contributed by atoms with Gasteiger partial charge in [0.2, 0.25) is 5.60 Å². The van der Waals surface area contributed by atoms with Gasteiger partial charge in [-0.2, -0.15) is 10.4 Å². The minimum absolute atomic E-state index is 0.140. The molecule has 0 bridgehead atoms. The SMILES string of the molecule is N#C[C@@]1(c2cnc3c(N)ncnn23)O[C@H](CO)[C@H](O)C1(Br)Br. The van der Waals surface area contributed by atoms with Crippen molar-refractivity contribution in [3.05, 3.63) is 18.2 Å². The summed E-state index contributed by atoms with van der Waals surface area (Å²) in [5, 5.41) is 33.4. The van der Waals surface area contributed by atoms with E-state index < -0.39 is 27.6 Å². The van der Waals surface area contributed by atoms with Crippen LogP contribution < -0.4 is 5.73 Å². The molecule has 0 aromatic carbocycles. The molecule has 1 saturated heterocycles. The van der Waals surface area contributed by atoms with Gasteiger partial charge in [0.15, 0.2) is 14.7 Å². The number of aromatic nitrogens is 4. The first-order valence-corrected chi connectivity index (χ1v) is 7.68. The van der Waals surface area contributed by atoms with Crippen LogP contribution in [-0.4, -0.2) is 51.8 Å². The van der Waals surface area contributed by atoms with Crippen molar-refractivity contribution in [3.63, 3.8) is 0 Å². The van der Waals surface area contributed by atoms with Gasteiger partial charge in [0, 0.05) is 0 Å². The van der Waals surface area contributed by atoms with Crippen LogP contribution in [0.1, 0.15) is 5.69 Å². The lowest BCUT2D eigenvalue weighted by Gasteiger charge is -2.30. The highest BCUT2D eigenvalue weighted by molar-refractivity contribution is 9.25. The van der Waals surface area contributed by atoms with Gasteiger partial charge in [-0.3, -0.25) is 0 Å². The molecule has 22 heavy (non-hydrogen) atoms. The number of rotatable bonds is 2. The van der Waals surface area contributed by atoms with Gasteiger partial charge in [-0.15, -0.1) is 0 Å². The zero-order valence-corrected chi connectivity index (χ0v) is 14.1. The molecule has 116 valence electrons. The smallest absolute Gasteiger partial charge is 0.226 e. The Morgan fingerprint density at radius 1 is 1.50 bits per heavy atom. The molecule has 3 heterocycles. The van der Waals surface area contributed by atoms with E-state index in [9.17, 15) is 15.5 Å². The fourth-order valence-electron chi connectivity index (χ4n) is 2.41. The van der Waals surface area contributed by atoms with E-state index in [0.29, 0.717) is 0 Å². The van der Waals surface area contributed by atoms with Crippen LogP contribution in [0.15, 0.2) is 12.5 Å². The second-order valence-corrected chi connectivity index (χ2v) is 8.29. The molecule has 2 aromatic rings. The van der Waals surface area contributed by atoms with Gasteiger partial charge < -0.3 is 20.7 Å². The lowest BCUT2D eigenvalue weighted by molar-refractivity contribution is -0.0520. The van der Waals surface area contributed by atoms with Crippen molar-refractivity contribution in [1.29, 1.82) is 5.26 Å². The molecule has 11 heteroatoms. The molecule has 0 amide bonds. The summed E-state index contributed by atoms with van der Waals surface area (Å²) in [4.78, 5) is 7.92. The van der Waals surface area contributed by atoms with E-state index in [-0.39, 0.29) is 17.2 Å². The Kier molecular flexibility index (Phi) is 3.61. The van der Waals surface area contributed by atoms with Crippen LogP contribution in [0.2, 0.25) is 0 Å². The number of halogens is 2. The van der Waals surface area contributed by atoms with E-state index in [2.05, 4.69) is 46.9 Å². The van der Waals surface area contributed by atoms with Gasteiger partial charge >= 0.3 is 0 Å². The summed E-state index contributed by atoms with van der Waals surface area (Å²) in [6, 6.07) is 2.03. The number of hydrogen-bond acceptors (Lipinski definition) is 8. The highest BCUT2D eigenvalue weighted by Crippen LogP contribution is 2.55. The number of hydrogen-bond donors (Lipinski definition) is 3. The summed E-state index contributed by atoms with van der Waals surface area (Å²) in [5.74, 6) is 0.140. The number of aliphatic hydroxyl groups is 2. The van der Waals surface area contributed by atoms with Gasteiger partial charge in [0.25, 0.3) is 0 Å². The standard InChI is InChI=1S/C11H10Br2N6O3/c12-11(13)7(21)5(2-20)22-10(11,3-14)6-1-16-9-8(15)17-4-18-19(6)9/h1,4-5,7,20-21H,2H2,(H2,15,17,18)/t5-,7+,10+/m1/s1. The Balaban J connectivity index is 2.27. The number of alkyl halides is 2. The zero-order chi connectivity index (χ0) is 16.1. The number of fused-ring (bicyclic) bond motifs is 1. The van der Waals surface area contributed by atoms with Crippen molar-refractivity contribution in [1.82, 2.24) is 19.6 Å². The zero-order valence-electron chi connectivity index (χ0n) is 10.9. The Hall–Kier alpha value is -1.32. The number of nitrogen functional groups attached to an aromatic ring is 1. The first kappa shape index (κ1) is 15.6. The van der Waals surface area contributed by atoms with Crippen LogP contribution in [0.5, 0.6) is 0 Å². The average Bonchev–Trinajstić information content (AvgIpc) is 3.01. The lowest BCUT2D eigenvalue weighted by Crippen LogP contribution is -2.45.